The summed E-state index contributed by atoms with van der Waals surface area (Å²) in [6.07, 6.45) is 1.89. The van der Waals surface area contributed by atoms with Crippen LogP contribution in [0, 0.1) is 0 Å². The highest BCUT2D eigenvalue weighted by Gasteiger charge is 2.37. The summed E-state index contributed by atoms with van der Waals surface area (Å²) in [4.78, 5) is 13.7. The first-order valence-electron chi connectivity index (χ1n) is 6.99. The first-order chi connectivity index (χ1) is 11.1. The van der Waals surface area contributed by atoms with E-state index in [1.807, 2.05) is 48.7 Å². The molecule has 0 amide bonds. The highest BCUT2D eigenvalue weighted by Crippen LogP contribution is 2.41. The van der Waals surface area contributed by atoms with Crippen LogP contribution >= 0.6 is 23.1 Å². The van der Waals surface area contributed by atoms with Gasteiger partial charge in [0, 0.05) is 24.7 Å². The summed E-state index contributed by atoms with van der Waals surface area (Å²) >= 11 is 2.93. The molecule has 0 spiro atoms. The minimum absolute atomic E-state index is 0.258. The lowest BCUT2D eigenvalue weighted by atomic mass is 10.0. The van der Waals surface area contributed by atoms with Crippen LogP contribution in [0.5, 0.6) is 0 Å². The number of thiophene rings is 1. The van der Waals surface area contributed by atoms with Gasteiger partial charge in [0.15, 0.2) is 0 Å². The number of hydrogen-bond acceptors (Lipinski definition) is 6. The van der Waals surface area contributed by atoms with Crippen molar-refractivity contribution in [2.24, 2.45) is 0 Å². The zero-order chi connectivity index (χ0) is 16.9. The summed E-state index contributed by atoms with van der Waals surface area (Å²) in [6.45, 7) is 0. The Morgan fingerprint density at radius 3 is 2.26 bits per heavy atom. The highest BCUT2D eigenvalue weighted by molar-refractivity contribution is 7.99. The van der Waals surface area contributed by atoms with Crippen molar-refractivity contribution >= 4 is 29.1 Å². The summed E-state index contributed by atoms with van der Waals surface area (Å²) in [5, 5.41) is -0.346. The molecule has 1 unspecified atom stereocenters. The van der Waals surface area contributed by atoms with E-state index < -0.39 is 5.79 Å². The third-order valence-corrected chi connectivity index (χ3v) is 5.89. The van der Waals surface area contributed by atoms with Crippen molar-refractivity contribution < 1.29 is 19.0 Å². The topological polar surface area (TPSA) is 44.8 Å². The van der Waals surface area contributed by atoms with Crippen molar-refractivity contribution in [3.8, 4) is 0 Å². The summed E-state index contributed by atoms with van der Waals surface area (Å²) in [5.74, 6) is -1.24. The number of carbonyl (C=O) groups excluding carboxylic acids is 1. The maximum atomic E-state index is 11.9. The molecule has 23 heavy (non-hydrogen) atoms. The van der Waals surface area contributed by atoms with E-state index in [4.69, 9.17) is 14.2 Å². The Morgan fingerprint density at radius 2 is 1.74 bits per heavy atom. The first-order valence-corrected chi connectivity index (χ1v) is 9.10. The van der Waals surface area contributed by atoms with Crippen LogP contribution < -0.4 is 0 Å². The second kappa shape index (κ2) is 7.97. The van der Waals surface area contributed by atoms with Gasteiger partial charge in [-0.25, -0.2) is 0 Å². The average molecular weight is 352 g/mol. The Bertz CT molecular complexity index is 635. The SMILES string of the molecule is COC(=O)C(SC)c1ccc(C(OC)(OC)c2ccccc2)s1. The standard InChI is InChI=1S/C17H20O4S2/c1-19-16(18)15(22-4)13-10-11-14(23-13)17(20-2,21-3)12-8-6-5-7-9-12/h5-11,15H,1-4H3. The number of esters is 1. The second-order valence-corrected chi connectivity index (χ2v) is 6.79. The molecule has 4 nitrogen and oxygen atoms in total. The first kappa shape index (κ1) is 18.0. The predicted octanol–water partition coefficient (Wildman–Crippen LogP) is 3.82. The van der Waals surface area contributed by atoms with Crippen LogP contribution in [0.15, 0.2) is 42.5 Å². The van der Waals surface area contributed by atoms with Crippen molar-refractivity contribution in [3.63, 3.8) is 0 Å². The zero-order valence-electron chi connectivity index (χ0n) is 13.6. The van der Waals surface area contributed by atoms with Crippen LogP contribution in [0.4, 0.5) is 0 Å². The maximum Gasteiger partial charge on any atom is 0.324 e. The van der Waals surface area contributed by atoms with Crippen LogP contribution in [0.3, 0.4) is 0 Å². The molecule has 124 valence electrons. The normalized spacial score (nSPS) is 12.9. The lowest BCUT2D eigenvalue weighted by molar-refractivity contribution is -0.181. The van der Waals surface area contributed by atoms with E-state index in [1.165, 1.54) is 30.2 Å². The summed E-state index contributed by atoms with van der Waals surface area (Å²) in [6, 6.07) is 13.6. The molecule has 0 saturated heterocycles. The van der Waals surface area contributed by atoms with Crippen LogP contribution in [0.2, 0.25) is 0 Å². The van der Waals surface area contributed by atoms with Gasteiger partial charge in [-0.05, 0) is 18.4 Å². The largest absolute Gasteiger partial charge is 0.468 e. The second-order valence-electron chi connectivity index (χ2n) is 4.73. The molecule has 0 saturated carbocycles. The molecule has 0 radical (unpaired) electrons. The van der Waals surface area contributed by atoms with Gasteiger partial charge >= 0.3 is 5.97 Å². The Labute approximate surface area is 144 Å². The molecule has 0 bridgehead atoms. The fourth-order valence-corrected chi connectivity index (χ4v) is 4.61. The lowest BCUT2D eigenvalue weighted by Crippen LogP contribution is -2.31. The minimum atomic E-state index is -0.983. The molecule has 2 rings (SSSR count). The van der Waals surface area contributed by atoms with Gasteiger partial charge in [-0.1, -0.05) is 30.3 Å². The van der Waals surface area contributed by atoms with Crippen molar-refractivity contribution in [2.75, 3.05) is 27.6 Å². The average Bonchev–Trinajstić information content (AvgIpc) is 3.08. The fourth-order valence-electron chi connectivity index (χ4n) is 2.43. The summed E-state index contributed by atoms with van der Waals surface area (Å²) in [5.41, 5.74) is 0.900. The fraction of sp³-hybridized carbons (Fsp3) is 0.353. The predicted molar refractivity (Wildman–Crippen MR) is 93.8 cm³/mol. The van der Waals surface area contributed by atoms with Gasteiger partial charge in [0.05, 0.1) is 12.0 Å². The molecule has 1 aromatic carbocycles. The maximum absolute atomic E-state index is 11.9. The third kappa shape index (κ3) is 3.45. The third-order valence-electron chi connectivity index (χ3n) is 3.59. The van der Waals surface area contributed by atoms with E-state index in [0.717, 1.165) is 15.3 Å². The van der Waals surface area contributed by atoms with Gasteiger partial charge in [0.2, 0.25) is 5.79 Å². The van der Waals surface area contributed by atoms with Crippen molar-refractivity contribution in [1.82, 2.24) is 0 Å². The molecule has 0 fully saturated rings. The van der Waals surface area contributed by atoms with Crippen LogP contribution in [0.25, 0.3) is 0 Å². The molecule has 1 atom stereocenters. The molecular weight excluding hydrogens is 332 g/mol. The molecule has 1 aromatic heterocycles. The number of rotatable bonds is 7. The Balaban J connectivity index is 2.45. The van der Waals surface area contributed by atoms with Crippen molar-refractivity contribution in [2.45, 2.75) is 11.0 Å². The monoisotopic (exact) mass is 352 g/mol. The van der Waals surface area contributed by atoms with Crippen LogP contribution in [-0.4, -0.2) is 33.6 Å². The molecule has 0 aliphatic heterocycles. The van der Waals surface area contributed by atoms with Gasteiger partial charge in [0.25, 0.3) is 0 Å². The molecular formula is C17H20O4S2. The lowest BCUT2D eigenvalue weighted by Gasteiger charge is -2.30. The molecule has 2 aromatic rings. The molecule has 0 aliphatic carbocycles. The molecule has 0 N–H and O–H groups in total. The molecule has 1 heterocycles. The number of hydrogen-bond donors (Lipinski definition) is 0. The van der Waals surface area contributed by atoms with Crippen molar-refractivity contribution in [3.05, 3.63) is 57.8 Å². The number of thioether (sulfide) groups is 1. The quantitative estimate of drug-likeness (QED) is 0.560. The van der Waals surface area contributed by atoms with Gasteiger partial charge in [0.1, 0.15) is 5.25 Å². The van der Waals surface area contributed by atoms with E-state index >= 15 is 0 Å². The van der Waals surface area contributed by atoms with E-state index in [-0.39, 0.29) is 11.2 Å². The summed E-state index contributed by atoms with van der Waals surface area (Å²) < 4.78 is 16.4. The Morgan fingerprint density at radius 1 is 1.09 bits per heavy atom. The van der Waals surface area contributed by atoms with E-state index in [0.29, 0.717) is 0 Å². The van der Waals surface area contributed by atoms with Crippen LogP contribution in [0.1, 0.15) is 20.6 Å². The highest BCUT2D eigenvalue weighted by atomic mass is 32.2. The van der Waals surface area contributed by atoms with Gasteiger partial charge < -0.3 is 14.2 Å². The van der Waals surface area contributed by atoms with E-state index in [9.17, 15) is 4.79 Å². The van der Waals surface area contributed by atoms with Crippen molar-refractivity contribution in [1.29, 1.82) is 0 Å². The smallest absolute Gasteiger partial charge is 0.324 e. The zero-order valence-corrected chi connectivity index (χ0v) is 15.2. The van der Waals surface area contributed by atoms with Gasteiger partial charge in [-0.3, -0.25) is 4.79 Å². The van der Waals surface area contributed by atoms with E-state index in [2.05, 4.69) is 0 Å². The Hall–Kier alpha value is -1.34. The molecule has 0 aliphatic rings. The number of carbonyl (C=O) groups is 1. The van der Waals surface area contributed by atoms with E-state index in [1.54, 1.807) is 14.2 Å². The Kier molecular flexibility index (Phi) is 6.24. The minimum Gasteiger partial charge on any atom is -0.468 e. The summed E-state index contributed by atoms with van der Waals surface area (Å²) in [7, 11) is 4.63. The number of ether oxygens (including phenoxy) is 3. The van der Waals surface area contributed by atoms with Gasteiger partial charge in [-0.2, -0.15) is 0 Å². The van der Waals surface area contributed by atoms with Crippen LogP contribution in [-0.2, 0) is 24.8 Å². The number of methoxy groups -OCH3 is 3. The number of benzene rings is 1. The molecule has 6 heteroatoms. The van der Waals surface area contributed by atoms with Gasteiger partial charge in [-0.15, -0.1) is 23.1 Å².